The standard InChI is InChI=1S/C19H19N3O4/c1-12-8-9-17(24-3)15(10-12)21-19(23)14-6-4-5-7-16(14)25-11-18-20-13(2)26-22-18/h4-10H,11H2,1-3H3,(H,21,23). The average molecular weight is 353 g/mol. The molecule has 0 saturated carbocycles. The molecule has 1 N–H and O–H groups in total. The number of hydrogen-bond acceptors (Lipinski definition) is 6. The Morgan fingerprint density at radius 1 is 1.15 bits per heavy atom. The summed E-state index contributed by atoms with van der Waals surface area (Å²) in [4.78, 5) is 16.8. The van der Waals surface area contributed by atoms with Crippen molar-refractivity contribution in [3.8, 4) is 11.5 Å². The van der Waals surface area contributed by atoms with Crippen molar-refractivity contribution in [1.29, 1.82) is 0 Å². The number of carbonyl (C=O) groups excluding carboxylic acids is 1. The van der Waals surface area contributed by atoms with Crippen molar-refractivity contribution in [2.24, 2.45) is 0 Å². The third-order valence-corrected chi connectivity index (χ3v) is 3.66. The number of anilines is 1. The number of amides is 1. The van der Waals surface area contributed by atoms with Gasteiger partial charge >= 0.3 is 0 Å². The van der Waals surface area contributed by atoms with Crippen LogP contribution in [0, 0.1) is 13.8 Å². The molecule has 0 saturated heterocycles. The SMILES string of the molecule is COc1ccc(C)cc1NC(=O)c1ccccc1OCc1noc(C)n1. The van der Waals surface area contributed by atoms with Gasteiger partial charge in [-0.1, -0.05) is 23.4 Å². The maximum atomic E-state index is 12.7. The third kappa shape index (κ3) is 4.00. The second kappa shape index (κ2) is 7.69. The lowest BCUT2D eigenvalue weighted by atomic mass is 10.1. The first-order valence-electron chi connectivity index (χ1n) is 8.04. The van der Waals surface area contributed by atoms with E-state index in [0.717, 1.165) is 5.56 Å². The average Bonchev–Trinajstić information content (AvgIpc) is 3.06. The van der Waals surface area contributed by atoms with E-state index < -0.39 is 0 Å². The molecule has 0 atom stereocenters. The van der Waals surface area contributed by atoms with E-state index in [4.69, 9.17) is 14.0 Å². The Morgan fingerprint density at radius 2 is 1.96 bits per heavy atom. The van der Waals surface area contributed by atoms with Crippen molar-refractivity contribution in [3.05, 3.63) is 65.3 Å². The van der Waals surface area contributed by atoms with Crippen LogP contribution in [-0.4, -0.2) is 23.2 Å². The summed E-state index contributed by atoms with van der Waals surface area (Å²) in [6.45, 7) is 3.75. The van der Waals surface area contributed by atoms with Crippen LogP contribution in [-0.2, 0) is 6.61 Å². The van der Waals surface area contributed by atoms with Gasteiger partial charge in [0.05, 0.1) is 18.4 Å². The quantitative estimate of drug-likeness (QED) is 0.729. The van der Waals surface area contributed by atoms with Crippen molar-refractivity contribution < 1.29 is 18.8 Å². The van der Waals surface area contributed by atoms with Crippen LogP contribution in [0.3, 0.4) is 0 Å². The number of aromatic nitrogens is 2. The lowest BCUT2D eigenvalue weighted by Crippen LogP contribution is -2.14. The molecule has 134 valence electrons. The fourth-order valence-electron chi connectivity index (χ4n) is 2.43. The Kier molecular flexibility index (Phi) is 5.17. The Bertz CT molecular complexity index is 921. The lowest BCUT2D eigenvalue weighted by Gasteiger charge is -2.13. The van der Waals surface area contributed by atoms with Crippen LogP contribution in [0.15, 0.2) is 47.0 Å². The van der Waals surface area contributed by atoms with E-state index in [0.29, 0.717) is 34.5 Å². The van der Waals surface area contributed by atoms with Crippen molar-refractivity contribution in [2.75, 3.05) is 12.4 Å². The van der Waals surface area contributed by atoms with Crippen molar-refractivity contribution in [3.63, 3.8) is 0 Å². The number of carbonyl (C=O) groups is 1. The first kappa shape index (κ1) is 17.5. The Hall–Kier alpha value is -3.35. The van der Waals surface area contributed by atoms with Crippen LogP contribution >= 0.6 is 0 Å². The summed E-state index contributed by atoms with van der Waals surface area (Å²) < 4.78 is 15.9. The summed E-state index contributed by atoms with van der Waals surface area (Å²) in [5.74, 6) is 1.59. The molecular formula is C19H19N3O4. The highest BCUT2D eigenvalue weighted by atomic mass is 16.5. The predicted molar refractivity (Wildman–Crippen MR) is 95.5 cm³/mol. The highest BCUT2D eigenvalue weighted by molar-refractivity contribution is 6.06. The number of nitrogens with one attached hydrogen (secondary N) is 1. The number of aryl methyl sites for hydroxylation is 2. The molecule has 0 bridgehead atoms. The number of para-hydroxylation sites is 1. The third-order valence-electron chi connectivity index (χ3n) is 3.66. The molecule has 1 amide bonds. The van der Waals surface area contributed by atoms with Crippen molar-refractivity contribution >= 4 is 11.6 Å². The number of ether oxygens (including phenoxy) is 2. The zero-order chi connectivity index (χ0) is 18.5. The fourth-order valence-corrected chi connectivity index (χ4v) is 2.43. The molecule has 0 aliphatic heterocycles. The van der Waals surface area contributed by atoms with E-state index in [1.165, 1.54) is 0 Å². The molecule has 0 unspecified atom stereocenters. The largest absolute Gasteiger partial charge is 0.495 e. The maximum Gasteiger partial charge on any atom is 0.259 e. The van der Waals surface area contributed by atoms with E-state index in [1.54, 1.807) is 38.3 Å². The monoisotopic (exact) mass is 353 g/mol. The predicted octanol–water partition coefficient (Wildman–Crippen LogP) is 3.53. The van der Waals surface area contributed by atoms with Gasteiger partial charge in [-0.2, -0.15) is 4.98 Å². The van der Waals surface area contributed by atoms with Crippen LogP contribution < -0.4 is 14.8 Å². The Morgan fingerprint density at radius 3 is 2.69 bits per heavy atom. The zero-order valence-corrected chi connectivity index (χ0v) is 14.8. The van der Waals surface area contributed by atoms with Gasteiger partial charge in [0.15, 0.2) is 6.61 Å². The summed E-state index contributed by atoms with van der Waals surface area (Å²) in [6.07, 6.45) is 0. The zero-order valence-electron chi connectivity index (χ0n) is 14.8. The van der Waals surface area contributed by atoms with Crippen LogP contribution in [0.2, 0.25) is 0 Å². The molecule has 1 aromatic heterocycles. The van der Waals surface area contributed by atoms with Gasteiger partial charge in [0.1, 0.15) is 11.5 Å². The second-order valence-electron chi connectivity index (χ2n) is 5.67. The molecule has 0 aliphatic rings. The van der Waals surface area contributed by atoms with Crippen LogP contribution in [0.4, 0.5) is 5.69 Å². The van der Waals surface area contributed by atoms with Gasteiger partial charge < -0.3 is 19.3 Å². The Balaban J connectivity index is 1.78. The topological polar surface area (TPSA) is 86.5 Å². The minimum absolute atomic E-state index is 0.107. The molecule has 7 heteroatoms. The second-order valence-corrected chi connectivity index (χ2v) is 5.67. The van der Waals surface area contributed by atoms with E-state index in [-0.39, 0.29) is 12.5 Å². The Labute approximate surface area is 150 Å². The van der Waals surface area contributed by atoms with E-state index >= 15 is 0 Å². The number of benzene rings is 2. The molecule has 26 heavy (non-hydrogen) atoms. The van der Waals surface area contributed by atoms with Gasteiger partial charge in [0, 0.05) is 6.92 Å². The first-order valence-corrected chi connectivity index (χ1v) is 8.04. The highest BCUT2D eigenvalue weighted by Gasteiger charge is 2.15. The van der Waals surface area contributed by atoms with Crippen LogP contribution in [0.25, 0.3) is 0 Å². The van der Waals surface area contributed by atoms with Crippen molar-refractivity contribution in [2.45, 2.75) is 20.5 Å². The maximum absolute atomic E-state index is 12.7. The number of methoxy groups -OCH3 is 1. The van der Waals surface area contributed by atoms with E-state index in [2.05, 4.69) is 15.5 Å². The molecule has 0 aliphatic carbocycles. The molecule has 0 fully saturated rings. The molecule has 1 heterocycles. The van der Waals surface area contributed by atoms with Crippen LogP contribution in [0.1, 0.15) is 27.6 Å². The summed E-state index contributed by atoms with van der Waals surface area (Å²) in [5.41, 5.74) is 2.01. The van der Waals surface area contributed by atoms with E-state index in [1.807, 2.05) is 25.1 Å². The molecule has 0 radical (unpaired) electrons. The molecule has 0 spiro atoms. The van der Waals surface area contributed by atoms with Gasteiger partial charge in [-0.15, -0.1) is 0 Å². The van der Waals surface area contributed by atoms with Gasteiger partial charge in [0.2, 0.25) is 11.7 Å². The highest BCUT2D eigenvalue weighted by Crippen LogP contribution is 2.27. The molecule has 7 nitrogen and oxygen atoms in total. The number of hydrogen-bond donors (Lipinski definition) is 1. The normalized spacial score (nSPS) is 10.4. The summed E-state index contributed by atoms with van der Waals surface area (Å²) in [7, 11) is 1.56. The van der Waals surface area contributed by atoms with Crippen molar-refractivity contribution in [1.82, 2.24) is 10.1 Å². The lowest BCUT2D eigenvalue weighted by molar-refractivity contribution is 0.102. The number of rotatable bonds is 6. The summed E-state index contributed by atoms with van der Waals surface area (Å²) >= 11 is 0. The first-order chi connectivity index (χ1) is 12.6. The van der Waals surface area contributed by atoms with E-state index in [9.17, 15) is 4.79 Å². The minimum atomic E-state index is -0.297. The molecule has 3 rings (SSSR count). The van der Waals surface area contributed by atoms with Crippen LogP contribution in [0.5, 0.6) is 11.5 Å². The minimum Gasteiger partial charge on any atom is -0.495 e. The smallest absolute Gasteiger partial charge is 0.259 e. The molecule has 2 aromatic carbocycles. The van der Waals surface area contributed by atoms with Gasteiger partial charge in [-0.25, -0.2) is 0 Å². The summed E-state index contributed by atoms with van der Waals surface area (Å²) in [5, 5.41) is 6.64. The van der Waals surface area contributed by atoms with Gasteiger partial charge in [0.25, 0.3) is 5.91 Å². The fraction of sp³-hybridized carbons (Fsp3) is 0.211. The van der Waals surface area contributed by atoms with Gasteiger partial charge in [-0.3, -0.25) is 4.79 Å². The molecule has 3 aromatic rings. The number of nitrogens with zero attached hydrogens (tertiary/aromatic N) is 2. The van der Waals surface area contributed by atoms with Gasteiger partial charge in [-0.05, 0) is 36.8 Å². The summed E-state index contributed by atoms with van der Waals surface area (Å²) in [6, 6.07) is 12.5. The molecular weight excluding hydrogens is 334 g/mol.